The lowest BCUT2D eigenvalue weighted by Gasteiger charge is -2.08. The van der Waals surface area contributed by atoms with Crippen molar-refractivity contribution in [1.29, 1.82) is 0 Å². The first kappa shape index (κ1) is 18.2. The smallest absolute Gasteiger partial charge is 0.260 e. The minimum absolute atomic E-state index is 0.185. The molecule has 0 aliphatic carbocycles. The van der Waals surface area contributed by atoms with Gasteiger partial charge in [0.25, 0.3) is 17.4 Å². The van der Waals surface area contributed by atoms with Crippen molar-refractivity contribution in [1.82, 2.24) is 20.2 Å². The number of carbonyl (C=O) groups is 2. The molecule has 8 heteroatoms. The van der Waals surface area contributed by atoms with E-state index in [0.29, 0.717) is 22.0 Å². The SMILES string of the molecule is Cn1cnc2cc(C(=O)NCCNC(=O)c3ccc(F)cc3)ccc2c1=O. The van der Waals surface area contributed by atoms with Gasteiger partial charge in [-0.1, -0.05) is 0 Å². The molecule has 0 bridgehead atoms. The zero-order valence-corrected chi connectivity index (χ0v) is 14.5. The van der Waals surface area contributed by atoms with Crippen molar-refractivity contribution in [3.63, 3.8) is 0 Å². The summed E-state index contributed by atoms with van der Waals surface area (Å²) in [5.41, 5.74) is 0.962. The van der Waals surface area contributed by atoms with Crippen molar-refractivity contribution in [3.05, 3.63) is 76.1 Å². The minimum atomic E-state index is -0.415. The molecule has 0 aliphatic heterocycles. The van der Waals surface area contributed by atoms with Gasteiger partial charge in [0.05, 0.1) is 17.2 Å². The van der Waals surface area contributed by atoms with Gasteiger partial charge >= 0.3 is 0 Å². The third-order valence-corrected chi connectivity index (χ3v) is 3.98. The molecule has 0 spiro atoms. The van der Waals surface area contributed by atoms with Gasteiger partial charge in [-0.3, -0.25) is 14.4 Å². The van der Waals surface area contributed by atoms with Crippen molar-refractivity contribution in [2.24, 2.45) is 7.05 Å². The predicted molar refractivity (Wildman–Crippen MR) is 98.1 cm³/mol. The van der Waals surface area contributed by atoms with E-state index in [1.54, 1.807) is 25.2 Å². The fraction of sp³-hybridized carbons (Fsp3) is 0.158. The third kappa shape index (κ3) is 4.17. The molecule has 1 heterocycles. The molecule has 2 amide bonds. The normalized spacial score (nSPS) is 10.6. The molecule has 3 aromatic rings. The average molecular weight is 368 g/mol. The molecule has 1 aromatic heterocycles. The summed E-state index contributed by atoms with van der Waals surface area (Å²) < 4.78 is 14.2. The molecule has 0 saturated heterocycles. The molecular formula is C19H17FN4O3. The van der Waals surface area contributed by atoms with E-state index in [9.17, 15) is 18.8 Å². The maximum absolute atomic E-state index is 12.8. The molecule has 2 N–H and O–H groups in total. The fourth-order valence-corrected chi connectivity index (χ4v) is 2.51. The largest absolute Gasteiger partial charge is 0.350 e. The number of nitrogens with zero attached hydrogens (tertiary/aromatic N) is 2. The summed E-state index contributed by atoms with van der Waals surface area (Å²) in [5, 5.41) is 5.75. The first-order valence-corrected chi connectivity index (χ1v) is 8.23. The number of hydrogen-bond donors (Lipinski definition) is 2. The maximum atomic E-state index is 12.8. The number of rotatable bonds is 5. The molecule has 3 rings (SSSR count). The van der Waals surface area contributed by atoms with Gasteiger partial charge in [0, 0.05) is 31.3 Å². The van der Waals surface area contributed by atoms with Gasteiger partial charge in [-0.15, -0.1) is 0 Å². The lowest BCUT2D eigenvalue weighted by atomic mass is 10.1. The number of amides is 2. The molecule has 0 saturated carbocycles. The summed E-state index contributed by atoms with van der Waals surface area (Å²) in [6.45, 7) is 0.433. The summed E-state index contributed by atoms with van der Waals surface area (Å²) in [4.78, 5) is 40.2. The molecule has 0 unspecified atom stereocenters. The number of hydrogen-bond acceptors (Lipinski definition) is 4. The van der Waals surface area contributed by atoms with Crippen LogP contribution in [0, 0.1) is 5.82 Å². The van der Waals surface area contributed by atoms with Crippen LogP contribution in [0.4, 0.5) is 4.39 Å². The Morgan fingerprint density at radius 2 is 1.59 bits per heavy atom. The average Bonchev–Trinajstić information content (AvgIpc) is 2.68. The molecule has 0 aliphatic rings. The molecule has 27 heavy (non-hydrogen) atoms. The highest BCUT2D eigenvalue weighted by Crippen LogP contribution is 2.09. The second-order valence-electron chi connectivity index (χ2n) is 5.91. The molecule has 0 atom stereocenters. The van der Waals surface area contributed by atoms with Crippen LogP contribution in [0.25, 0.3) is 10.9 Å². The summed E-state index contributed by atoms with van der Waals surface area (Å²) >= 11 is 0. The lowest BCUT2D eigenvalue weighted by molar-refractivity contribution is 0.0927. The Bertz CT molecular complexity index is 1060. The molecule has 0 fully saturated rings. The van der Waals surface area contributed by atoms with Crippen molar-refractivity contribution in [2.45, 2.75) is 0 Å². The van der Waals surface area contributed by atoms with Crippen LogP contribution in [0.3, 0.4) is 0 Å². The second-order valence-corrected chi connectivity index (χ2v) is 5.91. The molecular weight excluding hydrogens is 351 g/mol. The van der Waals surface area contributed by atoms with E-state index in [4.69, 9.17) is 0 Å². The quantitative estimate of drug-likeness (QED) is 0.663. The number of aromatic nitrogens is 2. The first-order valence-electron chi connectivity index (χ1n) is 8.23. The Kier molecular flexibility index (Phi) is 5.25. The number of carbonyl (C=O) groups excluding carboxylic acids is 2. The van der Waals surface area contributed by atoms with Gasteiger partial charge in [0.2, 0.25) is 0 Å². The van der Waals surface area contributed by atoms with Gasteiger partial charge in [0.15, 0.2) is 0 Å². The van der Waals surface area contributed by atoms with Gasteiger partial charge in [-0.2, -0.15) is 0 Å². The Morgan fingerprint density at radius 1 is 1.00 bits per heavy atom. The van der Waals surface area contributed by atoms with Crippen LogP contribution in [-0.2, 0) is 7.05 Å². The van der Waals surface area contributed by atoms with Crippen molar-refractivity contribution in [2.75, 3.05) is 13.1 Å². The Balaban J connectivity index is 1.55. The molecule has 138 valence electrons. The number of fused-ring (bicyclic) bond motifs is 1. The monoisotopic (exact) mass is 368 g/mol. The van der Waals surface area contributed by atoms with Crippen LogP contribution in [0.2, 0.25) is 0 Å². The van der Waals surface area contributed by atoms with Gasteiger partial charge < -0.3 is 15.2 Å². The van der Waals surface area contributed by atoms with Crippen molar-refractivity contribution < 1.29 is 14.0 Å². The maximum Gasteiger partial charge on any atom is 0.260 e. The van der Waals surface area contributed by atoms with Crippen LogP contribution in [0.5, 0.6) is 0 Å². The van der Waals surface area contributed by atoms with Crippen LogP contribution in [-0.4, -0.2) is 34.5 Å². The predicted octanol–water partition coefficient (Wildman–Crippen LogP) is 1.23. The van der Waals surface area contributed by atoms with E-state index in [1.807, 2.05) is 0 Å². The van der Waals surface area contributed by atoms with Gasteiger partial charge in [0.1, 0.15) is 5.82 Å². The zero-order valence-electron chi connectivity index (χ0n) is 14.5. The number of benzene rings is 2. The number of nitrogens with one attached hydrogen (secondary N) is 2. The highest BCUT2D eigenvalue weighted by molar-refractivity contribution is 5.97. The topological polar surface area (TPSA) is 93.1 Å². The number of halogens is 1. The third-order valence-electron chi connectivity index (χ3n) is 3.98. The minimum Gasteiger partial charge on any atom is -0.350 e. The van der Waals surface area contributed by atoms with E-state index in [2.05, 4.69) is 15.6 Å². The molecule has 2 aromatic carbocycles. The van der Waals surface area contributed by atoms with E-state index < -0.39 is 5.82 Å². The molecule has 7 nitrogen and oxygen atoms in total. The lowest BCUT2D eigenvalue weighted by Crippen LogP contribution is -2.34. The summed E-state index contributed by atoms with van der Waals surface area (Å²) in [5.74, 6) is -1.10. The van der Waals surface area contributed by atoms with Gasteiger partial charge in [-0.05, 0) is 42.5 Å². The van der Waals surface area contributed by atoms with Gasteiger partial charge in [-0.25, -0.2) is 9.37 Å². The van der Waals surface area contributed by atoms with Crippen molar-refractivity contribution in [3.8, 4) is 0 Å². The highest BCUT2D eigenvalue weighted by Gasteiger charge is 2.09. The van der Waals surface area contributed by atoms with E-state index in [0.717, 1.165) is 0 Å². The van der Waals surface area contributed by atoms with E-state index in [1.165, 1.54) is 35.2 Å². The highest BCUT2D eigenvalue weighted by atomic mass is 19.1. The first-order chi connectivity index (χ1) is 13.0. The number of aryl methyl sites for hydroxylation is 1. The zero-order chi connectivity index (χ0) is 19.4. The van der Waals surface area contributed by atoms with Crippen LogP contribution >= 0.6 is 0 Å². The molecule has 0 radical (unpaired) electrons. The summed E-state index contributed by atoms with van der Waals surface area (Å²) in [6.07, 6.45) is 1.40. The standard InChI is InChI=1S/C19H17FN4O3/c1-24-11-23-16-10-13(4-7-15(16)19(24)27)18(26)22-9-8-21-17(25)12-2-5-14(20)6-3-12/h2-7,10-11H,8-9H2,1H3,(H,21,25)(H,22,26). The Morgan fingerprint density at radius 3 is 2.26 bits per heavy atom. The Labute approximate surface area is 153 Å². The van der Waals surface area contributed by atoms with E-state index in [-0.39, 0.29) is 30.5 Å². The second kappa shape index (κ2) is 7.77. The van der Waals surface area contributed by atoms with Crippen molar-refractivity contribution >= 4 is 22.7 Å². The summed E-state index contributed by atoms with van der Waals surface area (Å²) in [6, 6.07) is 9.84. The Hall–Kier alpha value is -3.55. The van der Waals surface area contributed by atoms with E-state index >= 15 is 0 Å². The van der Waals surface area contributed by atoms with Crippen LogP contribution < -0.4 is 16.2 Å². The van der Waals surface area contributed by atoms with Crippen LogP contribution in [0.15, 0.2) is 53.6 Å². The summed E-state index contributed by atoms with van der Waals surface area (Å²) in [7, 11) is 1.61. The fourth-order valence-electron chi connectivity index (χ4n) is 2.51. The van der Waals surface area contributed by atoms with Crippen LogP contribution in [0.1, 0.15) is 20.7 Å².